The molecular weight excluding hydrogens is 320 g/mol. The van der Waals surface area contributed by atoms with E-state index in [0.717, 1.165) is 4.90 Å². The molecular formula is C15H16N2O3S2. The molecule has 0 radical (unpaired) electrons. The summed E-state index contributed by atoms with van der Waals surface area (Å²) in [7, 11) is -3.84. The number of benzene rings is 2. The van der Waals surface area contributed by atoms with E-state index in [0.29, 0.717) is 11.3 Å². The zero-order valence-corrected chi connectivity index (χ0v) is 13.8. The number of amides is 1. The van der Waals surface area contributed by atoms with Crippen LogP contribution in [0.3, 0.4) is 0 Å². The van der Waals surface area contributed by atoms with E-state index in [1.54, 1.807) is 30.8 Å². The van der Waals surface area contributed by atoms with E-state index >= 15 is 0 Å². The number of nitrogens with two attached hydrogens (primary N) is 1. The molecule has 0 aliphatic carbocycles. The lowest BCUT2D eigenvalue weighted by Crippen LogP contribution is -2.17. The van der Waals surface area contributed by atoms with Crippen LogP contribution in [0.2, 0.25) is 0 Å². The van der Waals surface area contributed by atoms with Crippen molar-refractivity contribution in [2.24, 2.45) is 5.14 Å². The van der Waals surface area contributed by atoms with Crippen LogP contribution in [0.5, 0.6) is 0 Å². The summed E-state index contributed by atoms with van der Waals surface area (Å²) < 4.78 is 22.8. The fraction of sp³-hybridized carbons (Fsp3) is 0.133. The number of primary sulfonamides is 1. The first kappa shape index (κ1) is 16.5. The van der Waals surface area contributed by atoms with Crippen LogP contribution < -0.4 is 10.5 Å². The molecule has 0 aliphatic rings. The van der Waals surface area contributed by atoms with Gasteiger partial charge in [0.25, 0.3) is 5.91 Å². The van der Waals surface area contributed by atoms with Gasteiger partial charge in [0, 0.05) is 16.1 Å². The molecule has 2 aromatic carbocycles. The van der Waals surface area contributed by atoms with Gasteiger partial charge < -0.3 is 5.32 Å². The largest absolute Gasteiger partial charge is 0.322 e. The van der Waals surface area contributed by atoms with Crippen molar-refractivity contribution in [2.75, 3.05) is 11.6 Å². The quantitative estimate of drug-likeness (QED) is 0.840. The lowest BCUT2D eigenvalue weighted by Gasteiger charge is -2.10. The molecule has 0 saturated heterocycles. The van der Waals surface area contributed by atoms with Crippen LogP contribution in [0.25, 0.3) is 0 Å². The maximum absolute atomic E-state index is 12.4. The highest BCUT2D eigenvalue weighted by Gasteiger charge is 2.15. The van der Waals surface area contributed by atoms with E-state index in [1.807, 2.05) is 24.5 Å². The number of aryl methyl sites for hydroxylation is 1. The van der Waals surface area contributed by atoms with Crippen molar-refractivity contribution in [2.45, 2.75) is 16.7 Å². The molecule has 0 aromatic heterocycles. The minimum absolute atomic E-state index is 0.0823. The van der Waals surface area contributed by atoms with Gasteiger partial charge in [0.1, 0.15) is 0 Å². The van der Waals surface area contributed by atoms with Crippen molar-refractivity contribution in [3.63, 3.8) is 0 Å². The van der Waals surface area contributed by atoms with E-state index < -0.39 is 10.0 Å². The molecule has 0 heterocycles. The predicted molar refractivity (Wildman–Crippen MR) is 88.7 cm³/mol. The van der Waals surface area contributed by atoms with E-state index in [2.05, 4.69) is 5.32 Å². The Morgan fingerprint density at radius 2 is 1.91 bits per heavy atom. The molecule has 2 rings (SSSR count). The first-order valence-corrected chi connectivity index (χ1v) is 9.17. The van der Waals surface area contributed by atoms with Gasteiger partial charge in [0.05, 0.1) is 4.90 Å². The standard InChI is InChI=1S/C15H16N2O3S2/c1-10-6-7-13(22(16,19)20)9-14(10)15(18)17-11-4-3-5-12(8-11)21-2/h3-9H,1-2H3,(H,17,18)(H2,16,19,20). The van der Waals surface area contributed by atoms with E-state index in [9.17, 15) is 13.2 Å². The second kappa shape index (κ2) is 6.51. The molecule has 22 heavy (non-hydrogen) atoms. The van der Waals surface area contributed by atoms with Crippen LogP contribution in [-0.2, 0) is 10.0 Å². The number of hydrogen-bond acceptors (Lipinski definition) is 4. The van der Waals surface area contributed by atoms with E-state index in [4.69, 9.17) is 5.14 Å². The number of sulfonamides is 1. The summed E-state index contributed by atoms with van der Waals surface area (Å²) in [6.07, 6.45) is 1.95. The topological polar surface area (TPSA) is 89.3 Å². The second-order valence-corrected chi connectivity index (χ2v) is 7.15. The summed E-state index contributed by atoms with van der Waals surface area (Å²) >= 11 is 1.57. The molecule has 0 bridgehead atoms. The van der Waals surface area contributed by atoms with Crippen LogP contribution in [0.4, 0.5) is 5.69 Å². The van der Waals surface area contributed by atoms with Gasteiger partial charge in [-0.3, -0.25) is 4.79 Å². The van der Waals surface area contributed by atoms with Gasteiger partial charge >= 0.3 is 0 Å². The molecule has 0 saturated carbocycles. The molecule has 116 valence electrons. The average molecular weight is 336 g/mol. The number of thioether (sulfide) groups is 1. The van der Waals surface area contributed by atoms with Crippen LogP contribution in [0.15, 0.2) is 52.3 Å². The number of nitrogens with one attached hydrogen (secondary N) is 1. The third kappa shape index (κ3) is 3.88. The lowest BCUT2D eigenvalue weighted by atomic mass is 10.1. The predicted octanol–water partition coefficient (Wildman–Crippen LogP) is 2.62. The third-order valence-electron chi connectivity index (χ3n) is 3.11. The van der Waals surface area contributed by atoms with E-state index in [-0.39, 0.29) is 16.4 Å². The van der Waals surface area contributed by atoms with Gasteiger partial charge in [-0.2, -0.15) is 0 Å². The van der Waals surface area contributed by atoms with Gasteiger partial charge in [-0.15, -0.1) is 11.8 Å². The monoisotopic (exact) mass is 336 g/mol. The highest BCUT2D eigenvalue weighted by molar-refractivity contribution is 7.98. The van der Waals surface area contributed by atoms with Crippen molar-refractivity contribution in [3.05, 3.63) is 53.6 Å². The molecule has 2 aromatic rings. The fourth-order valence-corrected chi connectivity index (χ4v) is 2.92. The molecule has 0 aliphatic heterocycles. The Bertz CT molecular complexity index is 817. The third-order valence-corrected chi connectivity index (χ3v) is 4.75. The van der Waals surface area contributed by atoms with Crippen molar-refractivity contribution in [3.8, 4) is 0 Å². The Labute approximate surface area is 134 Å². The molecule has 0 fully saturated rings. The molecule has 0 atom stereocenters. The van der Waals surface area contributed by atoms with Crippen molar-refractivity contribution >= 4 is 33.4 Å². The number of carbonyl (C=O) groups excluding carboxylic acids is 1. The average Bonchev–Trinajstić information content (AvgIpc) is 2.46. The van der Waals surface area contributed by atoms with Crippen LogP contribution in [0.1, 0.15) is 15.9 Å². The summed E-state index contributed by atoms with van der Waals surface area (Å²) in [6, 6.07) is 11.6. The first-order chi connectivity index (χ1) is 10.3. The maximum Gasteiger partial charge on any atom is 0.255 e. The van der Waals surface area contributed by atoms with Crippen LogP contribution >= 0.6 is 11.8 Å². The molecule has 1 amide bonds. The Morgan fingerprint density at radius 3 is 2.55 bits per heavy atom. The number of carbonyl (C=O) groups is 1. The minimum Gasteiger partial charge on any atom is -0.322 e. The minimum atomic E-state index is -3.84. The first-order valence-electron chi connectivity index (χ1n) is 6.40. The van der Waals surface area contributed by atoms with Crippen LogP contribution in [-0.4, -0.2) is 20.6 Å². The summed E-state index contributed by atoms with van der Waals surface area (Å²) in [5.41, 5.74) is 1.60. The van der Waals surface area contributed by atoms with Gasteiger partial charge in [-0.05, 0) is 49.1 Å². The number of hydrogen-bond donors (Lipinski definition) is 2. The molecule has 0 spiro atoms. The second-order valence-electron chi connectivity index (χ2n) is 4.71. The van der Waals surface area contributed by atoms with Gasteiger partial charge in [-0.25, -0.2) is 13.6 Å². The highest BCUT2D eigenvalue weighted by atomic mass is 32.2. The van der Waals surface area contributed by atoms with Crippen molar-refractivity contribution in [1.29, 1.82) is 0 Å². The van der Waals surface area contributed by atoms with Crippen LogP contribution in [0, 0.1) is 6.92 Å². The molecule has 7 heteroatoms. The number of rotatable bonds is 4. The molecule has 5 nitrogen and oxygen atoms in total. The van der Waals surface area contributed by atoms with Gasteiger partial charge in [-0.1, -0.05) is 12.1 Å². The highest BCUT2D eigenvalue weighted by Crippen LogP contribution is 2.21. The summed E-state index contributed by atoms with van der Waals surface area (Å²) in [6.45, 7) is 1.74. The Hall–Kier alpha value is -1.83. The fourth-order valence-electron chi connectivity index (χ4n) is 1.92. The van der Waals surface area contributed by atoms with Crippen molar-refractivity contribution in [1.82, 2.24) is 0 Å². The summed E-state index contributed by atoms with van der Waals surface area (Å²) in [5.74, 6) is -0.374. The van der Waals surface area contributed by atoms with Gasteiger partial charge in [0.2, 0.25) is 10.0 Å². The SMILES string of the molecule is CSc1cccc(NC(=O)c2cc(S(N)(=O)=O)ccc2C)c1. The Kier molecular flexibility index (Phi) is 4.90. The Morgan fingerprint density at radius 1 is 1.18 bits per heavy atom. The zero-order valence-electron chi connectivity index (χ0n) is 12.2. The Balaban J connectivity index is 2.33. The molecule has 0 unspecified atom stereocenters. The molecule has 3 N–H and O–H groups in total. The van der Waals surface area contributed by atoms with Gasteiger partial charge in [0.15, 0.2) is 0 Å². The smallest absolute Gasteiger partial charge is 0.255 e. The maximum atomic E-state index is 12.4. The lowest BCUT2D eigenvalue weighted by molar-refractivity contribution is 0.102. The van der Waals surface area contributed by atoms with E-state index in [1.165, 1.54) is 12.1 Å². The zero-order chi connectivity index (χ0) is 16.3. The summed E-state index contributed by atoms with van der Waals surface area (Å²) in [5, 5.41) is 7.87. The summed E-state index contributed by atoms with van der Waals surface area (Å²) in [4.78, 5) is 13.3. The number of anilines is 1. The normalized spacial score (nSPS) is 11.2. The van der Waals surface area contributed by atoms with Crippen molar-refractivity contribution < 1.29 is 13.2 Å².